The third-order valence-electron chi connectivity index (χ3n) is 3.62. The van der Waals surface area contributed by atoms with Crippen LogP contribution in [-0.4, -0.2) is 39.0 Å². The van der Waals surface area contributed by atoms with Crippen LogP contribution in [0.2, 0.25) is 0 Å². The van der Waals surface area contributed by atoms with Gasteiger partial charge in [0.25, 0.3) is 0 Å². The van der Waals surface area contributed by atoms with Gasteiger partial charge in [0.05, 0.1) is 6.04 Å². The molecule has 0 spiro atoms. The van der Waals surface area contributed by atoms with Crippen molar-refractivity contribution in [2.45, 2.75) is 30.6 Å². The molecule has 3 rings (SSSR count). The van der Waals surface area contributed by atoms with E-state index < -0.39 is 28.1 Å². The lowest BCUT2D eigenvalue weighted by Gasteiger charge is -2.32. The molecule has 0 amide bonds. The summed E-state index contributed by atoms with van der Waals surface area (Å²) in [6.45, 7) is 1.21. The maximum atomic E-state index is 12.9. The van der Waals surface area contributed by atoms with Gasteiger partial charge in [-0.1, -0.05) is 0 Å². The van der Waals surface area contributed by atoms with Crippen molar-refractivity contribution in [1.82, 2.24) is 24.1 Å². The number of hydrogen-bond donors (Lipinski definition) is 0. The molecular formula is C12H12F3N5O2S. The highest BCUT2D eigenvalue weighted by molar-refractivity contribution is 7.89. The molecule has 0 fully saturated rings. The van der Waals surface area contributed by atoms with Gasteiger partial charge in [-0.05, 0) is 19.1 Å². The van der Waals surface area contributed by atoms with Crippen molar-refractivity contribution in [3.63, 3.8) is 0 Å². The molecule has 0 N–H and O–H groups in total. The van der Waals surface area contributed by atoms with Crippen molar-refractivity contribution in [2.24, 2.45) is 0 Å². The summed E-state index contributed by atoms with van der Waals surface area (Å²) in [6.07, 6.45) is -2.00. The number of rotatable bonds is 2. The van der Waals surface area contributed by atoms with Crippen LogP contribution < -0.4 is 0 Å². The average molecular weight is 347 g/mol. The van der Waals surface area contributed by atoms with Gasteiger partial charge in [-0.25, -0.2) is 8.42 Å². The van der Waals surface area contributed by atoms with E-state index in [1.807, 2.05) is 0 Å². The van der Waals surface area contributed by atoms with Crippen molar-refractivity contribution >= 4 is 10.0 Å². The lowest BCUT2D eigenvalue weighted by atomic mass is 10.2. The van der Waals surface area contributed by atoms with E-state index >= 15 is 0 Å². The number of halogens is 3. The van der Waals surface area contributed by atoms with Crippen LogP contribution in [0.3, 0.4) is 0 Å². The number of sulfonamides is 1. The fraction of sp³-hybridized carbons (Fsp3) is 0.417. The van der Waals surface area contributed by atoms with Crippen molar-refractivity contribution in [3.8, 4) is 0 Å². The number of alkyl halides is 3. The summed E-state index contributed by atoms with van der Waals surface area (Å²) in [5.74, 6) is -1.14. The Bertz CT molecular complexity index is 819. The van der Waals surface area contributed by atoms with E-state index in [1.165, 1.54) is 31.5 Å². The first-order valence-corrected chi connectivity index (χ1v) is 8.09. The summed E-state index contributed by atoms with van der Waals surface area (Å²) < 4.78 is 65.9. The van der Waals surface area contributed by atoms with Crippen LogP contribution in [0, 0.1) is 0 Å². The molecule has 0 bridgehead atoms. The Morgan fingerprint density at radius 2 is 2.00 bits per heavy atom. The predicted octanol–water partition coefficient (Wildman–Crippen LogP) is 1.46. The van der Waals surface area contributed by atoms with E-state index in [1.54, 1.807) is 0 Å². The maximum Gasteiger partial charge on any atom is 0.451 e. The van der Waals surface area contributed by atoms with E-state index in [0.717, 1.165) is 8.87 Å². The van der Waals surface area contributed by atoms with Gasteiger partial charge in [0.2, 0.25) is 15.8 Å². The van der Waals surface area contributed by atoms with E-state index in [2.05, 4.69) is 15.2 Å². The van der Waals surface area contributed by atoms with Crippen molar-refractivity contribution in [2.75, 3.05) is 6.54 Å². The smallest absolute Gasteiger partial charge is 0.305 e. The van der Waals surface area contributed by atoms with Crippen LogP contribution in [-0.2, 0) is 22.7 Å². The lowest BCUT2D eigenvalue weighted by molar-refractivity contribution is -0.147. The van der Waals surface area contributed by atoms with Gasteiger partial charge in [0.15, 0.2) is 5.82 Å². The van der Waals surface area contributed by atoms with Crippen LogP contribution in [0.25, 0.3) is 0 Å². The Balaban J connectivity index is 1.99. The maximum absolute atomic E-state index is 12.9. The minimum Gasteiger partial charge on any atom is -0.305 e. The second-order valence-electron chi connectivity index (χ2n) is 5.01. The Kier molecular flexibility index (Phi) is 3.64. The third-order valence-corrected chi connectivity index (χ3v) is 5.58. The molecule has 0 radical (unpaired) electrons. The quantitative estimate of drug-likeness (QED) is 0.821. The zero-order valence-corrected chi connectivity index (χ0v) is 12.7. The topological polar surface area (TPSA) is 81.0 Å². The minimum atomic E-state index is -4.63. The molecule has 0 saturated carbocycles. The van der Waals surface area contributed by atoms with Crippen LogP contribution in [0.1, 0.15) is 24.6 Å². The number of fused-ring (bicyclic) bond motifs is 1. The largest absolute Gasteiger partial charge is 0.451 e. The molecule has 23 heavy (non-hydrogen) atoms. The van der Waals surface area contributed by atoms with E-state index in [9.17, 15) is 21.6 Å². The Labute approximate surface area is 129 Å². The summed E-state index contributed by atoms with van der Waals surface area (Å²) >= 11 is 0. The monoisotopic (exact) mass is 347 g/mol. The Hall–Kier alpha value is -2.01. The standard InChI is InChI=1S/C12H12F3N5O2S/c1-8-10-17-18-11(12(13,14)15)19(10)5-6-20(8)23(21,22)9-3-2-4-16-7-9/h2-4,7-8H,5-6H2,1H3. The van der Waals surface area contributed by atoms with Crippen molar-refractivity contribution in [3.05, 3.63) is 36.2 Å². The number of aromatic nitrogens is 4. The van der Waals surface area contributed by atoms with Crippen molar-refractivity contribution in [1.29, 1.82) is 0 Å². The van der Waals surface area contributed by atoms with Crippen molar-refractivity contribution < 1.29 is 21.6 Å². The van der Waals surface area contributed by atoms with Gasteiger partial charge in [-0.3, -0.25) is 4.98 Å². The number of hydrogen-bond acceptors (Lipinski definition) is 5. The fourth-order valence-corrected chi connectivity index (χ4v) is 4.09. The molecule has 1 atom stereocenters. The van der Waals surface area contributed by atoms with Gasteiger partial charge >= 0.3 is 6.18 Å². The summed E-state index contributed by atoms with van der Waals surface area (Å²) in [6, 6.07) is 2.00. The molecule has 0 saturated heterocycles. The molecule has 2 aromatic rings. The average Bonchev–Trinajstić information content (AvgIpc) is 2.93. The van der Waals surface area contributed by atoms with Gasteiger partial charge in [0, 0.05) is 25.5 Å². The molecule has 0 aromatic carbocycles. The normalized spacial score (nSPS) is 19.6. The summed E-state index contributed by atoms with van der Waals surface area (Å²) in [5.41, 5.74) is 0. The molecular weight excluding hydrogens is 335 g/mol. The van der Waals surface area contributed by atoms with Crippen LogP contribution in [0.15, 0.2) is 29.4 Å². The molecule has 11 heteroatoms. The molecule has 124 valence electrons. The summed E-state index contributed by atoms with van der Waals surface area (Å²) in [4.78, 5) is 3.75. The predicted molar refractivity (Wildman–Crippen MR) is 71.6 cm³/mol. The summed E-state index contributed by atoms with van der Waals surface area (Å²) in [7, 11) is -3.87. The van der Waals surface area contributed by atoms with Crippen LogP contribution in [0.5, 0.6) is 0 Å². The minimum absolute atomic E-state index is 0.0177. The van der Waals surface area contributed by atoms with E-state index in [0.29, 0.717) is 0 Å². The molecule has 2 aromatic heterocycles. The highest BCUT2D eigenvalue weighted by Crippen LogP contribution is 2.34. The second-order valence-corrected chi connectivity index (χ2v) is 6.90. The summed E-state index contributed by atoms with van der Waals surface area (Å²) in [5, 5.41) is 6.70. The highest BCUT2D eigenvalue weighted by atomic mass is 32.2. The highest BCUT2D eigenvalue weighted by Gasteiger charge is 2.43. The van der Waals surface area contributed by atoms with E-state index in [4.69, 9.17) is 0 Å². The number of nitrogens with zero attached hydrogens (tertiary/aromatic N) is 5. The fourth-order valence-electron chi connectivity index (χ4n) is 2.54. The Morgan fingerprint density at radius 3 is 2.61 bits per heavy atom. The molecule has 1 unspecified atom stereocenters. The van der Waals surface area contributed by atoms with Crippen LogP contribution in [0.4, 0.5) is 13.2 Å². The first-order chi connectivity index (χ1) is 10.7. The van der Waals surface area contributed by atoms with Gasteiger partial charge in [-0.2, -0.15) is 17.5 Å². The third kappa shape index (κ3) is 2.59. The molecule has 3 heterocycles. The second kappa shape index (κ2) is 5.27. The molecule has 0 aliphatic carbocycles. The zero-order chi connectivity index (χ0) is 16.8. The first-order valence-electron chi connectivity index (χ1n) is 6.65. The lowest BCUT2D eigenvalue weighted by Crippen LogP contribution is -2.41. The van der Waals surface area contributed by atoms with Gasteiger partial charge in [-0.15, -0.1) is 10.2 Å². The van der Waals surface area contributed by atoms with E-state index in [-0.39, 0.29) is 23.8 Å². The SMILES string of the molecule is CC1c2nnc(C(F)(F)F)n2CCN1S(=O)(=O)c1cccnc1. The first kappa shape index (κ1) is 15.9. The van der Waals surface area contributed by atoms with Gasteiger partial charge < -0.3 is 4.57 Å². The van der Waals surface area contributed by atoms with Crippen LogP contribution >= 0.6 is 0 Å². The zero-order valence-electron chi connectivity index (χ0n) is 11.9. The number of pyridine rings is 1. The molecule has 7 nitrogen and oxygen atoms in total. The Morgan fingerprint density at radius 1 is 1.26 bits per heavy atom. The molecule has 1 aliphatic heterocycles. The molecule has 1 aliphatic rings. The van der Waals surface area contributed by atoms with Gasteiger partial charge in [0.1, 0.15) is 4.90 Å².